The van der Waals surface area contributed by atoms with E-state index in [0.29, 0.717) is 16.6 Å². The van der Waals surface area contributed by atoms with E-state index in [-0.39, 0.29) is 5.69 Å². The van der Waals surface area contributed by atoms with Gasteiger partial charge in [-0.3, -0.25) is 4.98 Å². The molecule has 0 aliphatic rings. The third kappa shape index (κ3) is 2.42. The number of nitrogen functional groups attached to an aromatic ring is 1. The van der Waals surface area contributed by atoms with Gasteiger partial charge in [-0.15, -0.1) is 0 Å². The number of aromatic nitrogens is 2. The van der Waals surface area contributed by atoms with Gasteiger partial charge in [0.1, 0.15) is 0 Å². The van der Waals surface area contributed by atoms with Crippen LogP contribution in [-0.4, -0.2) is 22.5 Å². The Kier molecular flexibility index (Phi) is 3.34. The molecule has 2 aromatic rings. The molecular weight excluding hydrogens is 238 g/mol. The maximum atomic E-state index is 11.7. The molecule has 0 spiro atoms. The first kappa shape index (κ1) is 11.5. The van der Waals surface area contributed by atoms with Gasteiger partial charge in [-0.2, -0.15) is 0 Å². The summed E-state index contributed by atoms with van der Waals surface area (Å²) in [6.45, 7) is 2.06. The van der Waals surface area contributed by atoms with E-state index in [0.717, 1.165) is 5.56 Å². The van der Waals surface area contributed by atoms with Crippen molar-refractivity contribution in [3.63, 3.8) is 0 Å². The summed E-state index contributed by atoms with van der Waals surface area (Å²) in [7, 11) is 0. The van der Waals surface area contributed by atoms with Gasteiger partial charge in [0.05, 0.1) is 11.5 Å². The van der Waals surface area contributed by atoms with Gasteiger partial charge in [-0.05, 0) is 13.0 Å². The van der Waals surface area contributed by atoms with Crippen LogP contribution in [0.15, 0.2) is 24.5 Å². The summed E-state index contributed by atoms with van der Waals surface area (Å²) in [6, 6.07) is 3.64. The summed E-state index contributed by atoms with van der Waals surface area (Å²) in [5, 5.41) is 0.340. The van der Waals surface area contributed by atoms with Gasteiger partial charge >= 0.3 is 5.97 Å². The Hall–Kier alpha value is -1.95. The second-order valence-corrected chi connectivity index (χ2v) is 4.22. The molecule has 17 heavy (non-hydrogen) atoms. The second kappa shape index (κ2) is 4.92. The summed E-state index contributed by atoms with van der Waals surface area (Å²) in [5.74, 6) is -0.459. The van der Waals surface area contributed by atoms with E-state index in [4.69, 9.17) is 10.5 Å². The summed E-state index contributed by atoms with van der Waals surface area (Å²) in [4.78, 5) is 20.4. The molecule has 88 valence electrons. The lowest BCUT2D eigenvalue weighted by atomic mass is 10.2. The van der Waals surface area contributed by atoms with Crippen molar-refractivity contribution in [2.45, 2.75) is 6.92 Å². The highest BCUT2D eigenvalue weighted by Crippen LogP contribution is 2.31. The Bertz CT molecular complexity index is 525. The molecule has 0 aliphatic heterocycles. The summed E-state index contributed by atoms with van der Waals surface area (Å²) < 4.78 is 4.93. The van der Waals surface area contributed by atoms with E-state index in [9.17, 15) is 4.79 Å². The molecule has 5 nitrogen and oxygen atoms in total. The van der Waals surface area contributed by atoms with Crippen molar-refractivity contribution in [1.29, 1.82) is 0 Å². The number of carbonyl (C=O) groups is 1. The smallest absolute Gasteiger partial charge is 0.358 e. The first-order chi connectivity index (χ1) is 8.22. The SMILES string of the molecule is CCOC(=O)c1nc(N)sc1-c1cccnc1. The third-order valence-corrected chi connectivity index (χ3v) is 2.97. The molecule has 0 fully saturated rings. The number of rotatable bonds is 3. The van der Waals surface area contributed by atoms with Crippen LogP contribution in [-0.2, 0) is 4.74 Å². The number of nitrogens with zero attached hydrogens (tertiary/aromatic N) is 2. The third-order valence-electron chi connectivity index (χ3n) is 2.04. The highest BCUT2D eigenvalue weighted by Gasteiger charge is 2.19. The molecule has 2 rings (SSSR count). The van der Waals surface area contributed by atoms with Gasteiger partial charge in [0.2, 0.25) is 0 Å². The molecule has 0 radical (unpaired) electrons. The molecule has 2 N–H and O–H groups in total. The van der Waals surface area contributed by atoms with Crippen LogP contribution in [0, 0.1) is 0 Å². The van der Waals surface area contributed by atoms with E-state index in [2.05, 4.69) is 9.97 Å². The predicted octanol–water partition coefficient (Wildman–Crippen LogP) is 1.96. The maximum absolute atomic E-state index is 11.7. The Labute approximate surface area is 102 Å². The number of esters is 1. The zero-order valence-corrected chi connectivity index (χ0v) is 10.0. The van der Waals surface area contributed by atoms with E-state index in [1.807, 2.05) is 6.07 Å². The average Bonchev–Trinajstić information content (AvgIpc) is 2.73. The maximum Gasteiger partial charge on any atom is 0.358 e. The van der Waals surface area contributed by atoms with Gasteiger partial charge in [0.15, 0.2) is 10.8 Å². The van der Waals surface area contributed by atoms with E-state index in [1.165, 1.54) is 11.3 Å². The molecule has 2 aromatic heterocycles. The van der Waals surface area contributed by atoms with Crippen molar-refractivity contribution in [1.82, 2.24) is 9.97 Å². The first-order valence-corrected chi connectivity index (χ1v) is 5.88. The number of thiazole rings is 1. The van der Waals surface area contributed by atoms with Crippen LogP contribution in [0.1, 0.15) is 17.4 Å². The summed E-state index contributed by atoms with van der Waals surface area (Å²) in [5.41, 5.74) is 6.69. The number of anilines is 1. The molecule has 0 aliphatic carbocycles. The molecule has 0 amide bonds. The van der Waals surface area contributed by atoms with Crippen molar-refractivity contribution < 1.29 is 9.53 Å². The summed E-state index contributed by atoms with van der Waals surface area (Å²) >= 11 is 1.25. The van der Waals surface area contributed by atoms with Crippen LogP contribution >= 0.6 is 11.3 Å². The Morgan fingerprint density at radius 3 is 3.06 bits per heavy atom. The zero-order chi connectivity index (χ0) is 12.3. The normalized spacial score (nSPS) is 10.2. The fourth-order valence-electron chi connectivity index (χ4n) is 1.37. The molecule has 0 aromatic carbocycles. The van der Waals surface area contributed by atoms with Gasteiger partial charge in [-0.1, -0.05) is 17.4 Å². The van der Waals surface area contributed by atoms with Crippen molar-refractivity contribution in [2.24, 2.45) is 0 Å². The lowest BCUT2D eigenvalue weighted by Gasteiger charge is -2.01. The Morgan fingerprint density at radius 1 is 1.59 bits per heavy atom. The number of ether oxygens (including phenoxy) is 1. The van der Waals surface area contributed by atoms with Crippen LogP contribution < -0.4 is 5.73 Å². The van der Waals surface area contributed by atoms with Gasteiger partial charge in [0, 0.05) is 18.0 Å². The van der Waals surface area contributed by atoms with Crippen molar-refractivity contribution in [3.05, 3.63) is 30.2 Å². The largest absolute Gasteiger partial charge is 0.461 e. The highest BCUT2D eigenvalue weighted by atomic mass is 32.1. The number of hydrogen-bond donors (Lipinski definition) is 1. The van der Waals surface area contributed by atoms with E-state index in [1.54, 1.807) is 25.4 Å². The topological polar surface area (TPSA) is 78.1 Å². The van der Waals surface area contributed by atoms with E-state index < -0.39 is 5.97 Å². The molecule has 0 saturated carbocycles. The second-order valence-electron chi connectivity index (χ2n) is 3.19. The Balaban J connectivity index is 2.44. The summed E-state index contributed by atoms with van der Waals surface area (Å²) in [6.07, 6.45) is 3.33. The molecular formula is C11H11N3O2S. The molecule has 0 saturated heterocycles. The van der Waals surface area contributed by atoms with Crippen LogP contribution in [0.4, 0.5) is 5.13 Å². The standard InChI is InChI=1S/C11H11N3O2S/c1-2-16-10(15)8-9(17-11(12)14-8)7-4-3-5-13-6-7/h3-6H,2H2,1H3,(H2,12,14). The monoisotopic (exact) mass is 249 g/mol. The molecule has 0 unspecified atom stereocenters. The fraction of sp³-hybridized carbons (Fsp3) is 0.182. The van der Waals surface area contributed by atoms with E-state index >= 15 is 0 Å². The number of nitrogens with two attached hydrogens (primary N) is 1. The minimum absolute atomic E-state index is 0.252. The highest BCUT2D eigenvalue weighted by molar-refractivity contribution is 7.19. The van der Waals surface area contributed by atoms with Crippen molar-refractivity contribution in [3.8, 4) is 10.4 Å². The van der Waals surface area contributed by atoms with Crippen LogP contribution in [0.25, 0.3) is 10.4 Å². The van der Waals surface area contributed by atoms with Gasteiger partial charge in [-0.25, -0.2) is 9.78 Å². The zero-order valence-electron chi connectivity index (χ0n) is 9.21. The molecule has 0 atom stereocenters. The van der Waals surface area contributed by atoms with Crippen LogP contribution in [0.2, 0.25) is 0 Å². The number of hydrogen-bond acceptors (Lipinski definition) is 6. The lowest BCUT2D eigenvalue weighted by molar-refractivity contribution is 0.0521. The van der Waals surface area contributed by atoms with Crippen molar-refractivity contribution >= 4 is 22.4 Å². The fourth-order valence-corrected chi connectivity index (χ4v) is 2.18. The van der Waals surface area contributed by atoms with Gasteiger partial charge < -0.3 is 10.5 Å². The molecule has 6 heteroatoms. The first-order valence-electron chi connectivity index (χ1n) is 5.06. The predicted molar refractivity (Wildman–Crippen MR) is 65.7 cm³/mol. The Morgan fingerprint density at radius 2 is 2.41 bits per heavy atom. The number of carbonyl (C=O) groups excluding carboxylic acids is 1. The number of pyridine rings is 1. The minimum Gasteiger partial charge on any atom is -0.461 e. The van der Waals surface area contributed by atoms with Gasteiger partial charge in [0.25, 0.3) is 0 Å². The average molecular weight is 249 g/mol. The van der Waals surface area contributed by atoms with Crippen LogP contribution in [0.3, 0.4) is 0 Å². The van der Waals surface area contributed by atoms with Crippen LogP contribution in [0.5, 0.6) is 0 Å². The quantitative estimate of drug-likeness (QED) is 0.841. The van der Waals surface area contributed by atoms with Crippen molar-refractivity contribution in [2.75, 3.05) is 12.3 Å². The molecule has 0 bridgehead atoms. The lowest BCUT2D eigenvalue weighted by Crippen LogP contribution is -2.06. The molecule has 2 heterocycles. The minimum atomic E-state index is -0.459.